The molecular weight excluding hydrogens is 494 g/mol. The zero-order chi connectivity index (χ0) is 26.6. The Labute approximate surface area is 214 Å². The van der Waals surface area contributed by atoms with Crippen LogP contribution in [0.1, 0.15) is 71.1 Å². The average Bonchev–Trinajstić information content (AvgIpc) is 2.87. The van der Waals surface area contributed by atoms with Crippen LogP contribution >= 0.6 is 0 Å². The Morgan fingerprint density at radius 2 is 1.38 bits per heavy atom. The predicted molar refractivity (Wildman–Crippen MR) is 129 cm³/mol. The van der Waals surface area contributed by atoms with E-state index in [4.69, 9.17) is 4.74 Å². The fourth-order valence-corrected chi connectivity index (χ4v) is 6.00. The van der Waals surface area contributed by atoms with Crippen LogP contribution in [0.25, 0.3) is 11.1 Å². The van der Waals surface area contributed by atoms with E-state index in [2.05, 4.69) is 11.7 Å². The van der Waals surface area contributed by atoms with Gasteiger partial charge in [-0.15, -0.1) is 0 Å². The van der Waals surface area contributed by atoms with Crippen LogP contribution in [-0.4, -0.2) is 18.8 Å². The number of hydrogen-bond acceptors (Lipinski definition) is 2. The molecule has 2 saturated carbocycles. The van der Waals surface area contributed by atoms with E-state index in [0.29, 0.717) is 24.1 Å². The van der Waals surface area contributed by atoms with Gasteiger partial charge in [-0.05, 0) is 86.1 Å². The minimum Gasteiger partial charge on any atom is -0.431 e. The van der Waals surface area contributed by atoms with E-state index in [-0.39, 0.29) is 17.2 Å². The fraction of sp³-hybridized carbons (Fsp3) is 0.586. The second-order valence-corrected chi connectivity index (χ2v) is 10.6. The van der Waals surface area contributed by atoms with E-state index >= 15 is 0 Å². The Bertz CT molecular complexity index is 1020. The molecule has 204 valence electrons. The molecule has 0 unspecified atom stereocenters. The van der Waals surface area contributed by atoms with Gasteiger partial charge >= 0.3 is 6.11 Å². The molecule has 37 heavy (non-hydrogen) atoms. The maximum Gasteiger partial charge on any atom is 0.421 e. The molecule has 0 saturated heterocycles. The normalized spacial score (nSPS) is 24.7. The third kappa shape index (κ3) is 7.21. The Morgan fingerprint density at radius 1 is 0.784 bits per heavy atom. The monoisotopic (exact) mass is 528 g/mol. The van der Waals surface area contributed by atoms with Gasteiger partial charge in [-0.1, -0.05) is 32.6 Å². The Balaban J connectivity index is 1.25. The van der Waals surface area contributed by atoms with Crippen molar-refractivity contribution in [2.24, 2.45) is 17.8 Å². The molecular formula is C29H34F6O2. The first-order chi connectivity index (χ1) is 17.6. The molecule has 0 spiro atoms. The number of alkyl halides is 2. The van der Waals surface area contributed by atoms with E-state index in [0.717, 1.165) is 49.7 Å². The first-order valence-electron chi connectivity index (χ1n) is 13.3. The predicted octanol–water partition coefficient (Wildman–Crippen LogP) is 9.06. The summed E-state index contributed by atoms with van der Waals surface area (Å²) in [4.78, 5) is 0. The van der Waals surface area contributed by atoms with Crippen molar-refractivity contribution in [2.75, 3.05) is 6.61 Å². The first kappa shape index (κ1) is 27.8. The third-order valence-electron chi connectivity index (χ3n) is 7.96. The minimum absolute atomic E-state index is 0.260. The molecule has 2 aliphatic rings. The zero-order valence-corrected chi connectivity index (χ0v) is 21.1. The highest BCUT2D eigenvalue weighted by Crippen LogP contribution is 2.41. The van der Waals surface area contributed by atoms with E-state index in [9.17, 15) is 26.3 Å². The molecule has 2 aliphatic carbocycles. The zero-order valence-electron chi connectivity index (χ0n) is 21.1. The van der Waals surface area contributed by atoms with Gasteiger partial charge in [-0.25, -0.2) is 17.6 Å². The van der Waals surface area contributed by atoms with Gasteiger partial charge in [0.15, 0.2) is 24.1 Å². The van der Waals surface area contributed by atoms with Crippen molar-refractivity contribution in [3.8, 4) is 16.9 Å². The molecule has 0 atom stereocenters. The second-order valence-electron chi connectivity index (χ2n) is 10.6. The second kappa shape index (κ2) is 12.1. The van der Waals surface area contributed by atoms with Crippen molar-refractivity contribution in [1.29, 1.82) is 0 Å². The highest BCUT2D eigenvalue weighted by Gasteiger charge is 2.36. The lowest BCUT2D eigenvalue weighted by Crippen LogP contribution is -2.35. The Hall–Kier alpha value is -2.22. The van der Waals surface area contributed by atoms with Gasteiger partial charge in [0.05, 0.1) is 6.10 Å². The highest BCUT2D eigenvalue weighted by atomic mass is 19.3. The van der Waals surface area contributed by atoms with Crippen molar-refractivity contribution in [1.82, 2.24) is 0 Å². The molecule has 0 amide bonds. The maximum atomic E-state index is 14.5. The van der Waals surface area contributed by atoms with Crippen LogP contribution in [0.4, 0.5) is 26.3 Å². The van der Waals surface area contributed by atoms with Gasteiger partial charge in [0.25, 0.3) is 0 Å². The van der Waals surface area contributed by atoms with Crippen molar-refractivity contribution in [3.05, 3.63) is 53.6 Å². The molecule has 0 aromatic heterocycles. The molecule has 2 nitrogen and oxygen atoms in total. The summed E-state index contributed by atoms with van der Waals surface area (Å²) in [5.74, 6) is -3.89. The van der Waals surface area contributed by atoms with Crippen molar-refractivity contribution in [2.45, 2.75) is 83.3 Å². The van der Waals surface area contributed by atoms with Crippen molar-refractivity contribution in [3.63, 3.8) is 0 Å². The summed E-state index contributed by atoms with van der Waals surface area (Å²) in [5, 5.41) is 0. The number of benzene rings is 2. The minimum atomic E-state index is -3.68. The SMILES string of the molecule is CCCC1CCC(C2CCC(OCC(F)(F)Oc3ccc(-c4cc(F)c(F)c(F)c4)c(F)c3)CC2)CC1. The maximum absolute atomic E-state index is 14.5. The van der Waals surface area contributed by atoms with E-state index in [1.165, 1.54) is 38.5 Å². The third-order valence-corrected chi connectivity index (χ3v) is 7.96. The van der Waals surface area contributed by atoms with Gasteiger partial charge in [-0.2, -0.15) is 8.78 Å². The molecule has 0 heterocycles. The lowest BCUT2D eigenvalue weighted by atomic mass is 9.70. The summed E-state index contributed by atoms with van der Waals surface area (Å²) in [6, 6.07) is 4.07. The highest BCUT2D eigenvalue weighted by molar-refractivity contribution is 5.65. The first-order valence-corrected chi connectivity index (χ1v) is 13.3. The van der Waals surface area contributed by atoms with Crippen LogP contribution in [0.2, 0.25) is 0 Å². The molecule has 0 N–H and O–H groups in total. The molecule has 0 aliphatic heterocycles. The van der Waals surface area contributed by atoms with Crippen LogP contribution in [0, 0.1) is 41.0 Å². The molecule has 4 rings (SSSR count). The molecule has 2 fully saturated rings. The van der Waals surface area contributed by atoms with Crippen LogP contribution < -0.4 is 4.74 Å². The standard InChI is InChI=1S/C29H34F6O2/c1-2-3-18-4-6-19(7-5-18)20-8-10-22(11-9-20)36-17-29(34,35)37-23-12-13-24(25(30)16-23)21-14-26(31)28(33)27(32)15-21/h12-16,18-20,22H,2-11,17H2,1H3. The summed E-state index contributed by atoms with van der Waals surface area (Å²) >= 11 is 0. The fourth-order valence-electron chi connectivity index (χ4n) is 6.00. The lowest BCUT2D eigenvalue weighted by Gasteiger charge is -2.38. The van der Waals surface area contributed by atoms with Crippen LogP contribution in [0.15, 0.2) is 30.3 Å². The average molecular weight is 529 g/mol. The number of ether oxygens (including phenoxy) is 2. The molecule has 2 aromatic rings. The summed E-state index contributed by atoms with van der Waals surface area (Å²) in [5.41, 5.74) is -0.541. The summed E-state index contributed by atoms with van der Waals surface area (Å²) in [6.45, 7) is 1.28. The Kier molecular flexibility index (Phi) is 9.09. The van der Waals surface area contributed by atoms with Gasteiger partial charge in [-0.3, -0.25) is 0 Å². The van der Waals surface area contributed by atoms with Crippen LogP contribution in [-0.2, 0) is 4.74 Å². The van der Waals surface area contributed by atoms with Gasteiger partial charge in [0.1, 0.15) is 11.6 Å². The van der Waals surface area contributed by atoms with E-state index < -0.39 is 41.7 Å². The van der Waals surface area contributed by atoms with Crippen LogP contribution in [0.5, 0.6) is 5.75 Å². The smallest absolute Gasteiger partial charge is 0.421 e. The Morgan fingerprint density at radius 3 is 1.95 bits per heavy atom. The van der Waals surface area contributed by atoms with Gasteiger partial charge in [0.2, 0.25) is 0 Å². The topological polar surface area (TPSA) is 18.5 Å². The summed E-state index contributed by atoms with van der Waals surface area (Å²) in [6.07, 6.45) is 7.21. The summed E-state index contributed by atoms with van der Waals surface area (Å²) < 4.78 is 93.6. The number of halogens is 6. The van der Waals surface area contributed by atoms with E-state index in [1.807, 2.05) is 0 Å². The molecule has 8 heteroatoms. The number of rotatable bonds is 9. The summed E-state index contributed by atoms with van der Waals surface area (Å²) in [7, 11) is 0. The quantitative estimate of drug-likeness (QED) is 0.239. The van der Waals surface area contributed by atoms with Gasteiger partial charge < -0.3 is 9.47 Å². The molecule has 0 bridgehead atoms. The van der Waals surface area contributed by atoms with Crippen molar-refractivity contribution >= 4 is 0 Å². The number of hydrogen-bond donors (Lipinski definition) is 0. The van der Waals surface area contributed by atoms with Crippen LogP contribution in [0.3, 0.4) is 0 Å². The molecule has 2 aromatic carbocycles. The van der Waals surface area contributed by atoms with Crippen molar-refractivity contribution < 1.29 is 35.8 Å². The van der Waals surface area contributed by atoms with Gasteiger partial charge in [0, 0.05) is 11.6 Å². The van der Waals surface area contributed by atoms with E-state index in [1.54, 1.807) is 0 Å². The lowest BCUT2D eigenvalue weighted by molar-refractivity contribution is -0.222. The molecule has 0 radical (unpaired) electrons. The largest absolute Gasteiger partial charge is 0.431 e.